The molecule has 0 saturated heterocycles. The fourth-order valence-electron chi connectivity index (χ4n) is 11.1. The molecule has 0 N–H and O–H groups in total. The minimum absolute atomic E-state index is 0.0574. The van der Waals surface area contributed by atoms with Crippen molar-refractivity contribution in [1.82, 2.24) is 0 Å². The molecule has 3 nitrogen and oxygen atoms in total. The highest BCUT2D eigenvalue weighted by Crippen LogP contribution is 2.58. The van der Waals surface area contributed by atoms with E-state index >= 15 is 0 Å². The van der Waals surface area contributed by atoms with Gasteiger partial charge < -0.3 is 14.1 Å². The standard InChI is InChI=1S/C53H45BN2O/c1-51(2)27-28-52(3,4)42-31-45-36(30-41(42)51)37-29-38-35-17-10-13-22-46(35)57-50(38)49-47(37)54(56(45)34-25-23-33(24-26-34)32-15-8-7-9-16-32)43-20-14-19-40-48(43)55(49)44-21-12-11-18-39(44)53(40,5)6/h7-26,29-31H,27-28H2,1-6H3. The van der Waals surface area contributed by atoms with Crippen LogP contribution >= 0.6 is 0 Å². The molecule has 0 radical (unpaired) electrons. The number of furan rings is 1. The Balaban J connectivity index is 1.25. The van der Waals surface area contributed by atoms with Gasteiger partial charge in [0.2, 0.25) is 0 Å². The van der Waals surface area contributed by atoms with Crippen molar-refractivity contribution in [3.05, 3.63) is 162 Å². The van der Waals surface area contributed by atoms with Crippen molar-refractivity contribution in [2.24, 2.45) is 0 Å². The maximum Gasteiger partial charge on any atom is 0.333 e. The number of hydrogen-bond donors (Lipinski definition) is 0. The molecule has 0 spiro atoms. The maximum absolute atomic E-state index is 7.09. The molecule has 12 rings (SSSR count). The van der Waals surface area contributed by atoms with Crippen molar-refractivity contribution >= 4 is 68.1 Å². The topological polar surface area (TPSA) is 19.6 Å². The molecular formula is C53H45BN2O. The zero-order valence-corrected chi connectivity index (χ0v) is 33.6. The minimum Gasteiger partial charge on any atom is -0.454 e. The van der Waals surface area contributed by atoms with Crippen LogP contribution in [0.1, 0.15) is 76.6 Å². The summed E-state index contributed by atoms with van der Waals surface area (Å²) in [6.07, 6.45) is 2.33. The number of hydrogen-bond acceptors (Lipinski definition) is 3. The van der Waals surface area contributed by atoms with Crippen molar-refractivity contribution in [2.45, 2.75) is 70.6 Å². The lowest BCUT2D eigenvalue weighted by atomic mass is 9.42. The van der Waals surface area contributed by atoms with E-state index < -0.39 is 0 Å². The molecule has 4 aliphatic rings. The van der Waals surface area contributed by atoms with E-state index in [2.05, 4.69) is 191 Å². The monoisotopic (exact) mass is 736 g/mol. The first kappa shape index (κ1) is 33.2. The molecule has 0 bridgehead atoms. The van der Waals surface area contributed by atoms with Gasteiger partial charge in [0.05, 0.1) is 11.4 Å². The average Bonchev–Trinajstić information content (AvgIpc) is 3.60. The lowest BCUT2D eigenvalue weighted by molar-refractivity contribution is 0.332. The van der Waals surface area contributed by atoms with E-state index in [9.17, 15) is 0 Å². The number of fused-ring (bicyclic) bond motifs is 11. The number of rotatable bonds is 2. The maximum atomic E-state index is 7.09. The molecule has 4 heterocycles. The summed E-state index contributed by atoms with van der Waals surface area (Å²) in [5.74, 6) is 0. The van der Waals surface area contributed by atoms with Crippen LogP contribution in [-0.2, 0) is 16.2 Å². The Hall–Kier alpha value is -6.00. The van der Waals surface area contributed by atoms with Crippen molar-refractivity contribution < 1.29 is 4.42 Å². The fraction of sp³-hybridized carbons (Fsp3) is 0.208. The Labute approximate surface area is 335 Å². The number of para-hydroxylation sites is 3. The molecular weight excluding hydrogens is 691 g/mol. The summed E-state index contributed by atoms with van der Waals surface area (Å²) >= 11 is 0. The molecule has 3 aliphatic heterocycles. The summed E-state index contributed by atoms with van der Waals surface area (Å²) in [5.41, 5.74) is 21.3. The zero-order valence-electron chi connectivity index (χ0n) is 33.6. The predicted octanol–water partition coefficient (Wildman–Crippen LogP) is 12.9. The van der Waals surface area contributed by atoms with Gasteiger partial charge in [0.15, 0.2) is 5.58 Å². The van der Waals surface area contributed by atoms with Crippen molar-refractivity contribution in [1.29, 1.82) is 0 Å². The van der Waals surface area contributed by atoms with Gasteiger partial charge in [0.25, 0.3) is 0 Å². The summed E-state index contributed by atoms with van der Waals surface area (Å²) in [7, 11) is 0. The van der Waals surface area contributed by atoms with Crippen LogP contribution in [0.2, 0.25) is 0 Å². The van der Waals surface area contributed by atoms with E-state index in [4.69, 9.17) is 4.42 Å². The third-order valence-corrected chi connectivity index (χ3v) is 14.3. The fourth-order valence-corrected chi connectivity index (χ4v) is 11.1. The summed E-state index contributed by atoms with van der Waals surface area (Å²) in [6.45, 7) is 14.5. The van der Waals surface area contributed by atoms with E-state index in [0.29, 0.717) is 0 Å². The predicted molar refractivity (Wildman–Crippen MR) is 240 cm³/mol. The average molecular weight is 737 g/mol. The second kappa shape index (κ2) is 11.1. The van der Waals surface area contributed by atoms with E-state index in [-0.39, 0.29) is 23.1 Å². The third kappa shape index (κ3) is 4.34. The molecule has 0 unspecified atom stereocenters. The van der Waals surface area contributed by atoms with Gasteiger partial charge >= 0.3 is 6.85 Å². The molecule has 276 valence electrons. The Bertz CT molecular complexity index is 3010. The van der Waals surface area contributed by atoms with Gasteiger partial charge in [0.1, 0.15) is 5.58 Å². The lowest BCUT2D eigenvalue weighted by Gasteiger charge is -2.51. The van der Waals surface area contributed by atoms with E-state index in [1.165, 1.54) is 102 Å². The van der Waals surface area contributed by atoms with Crippen molar-refractivity contribution in [3.63, 3.8) is 0 Å². The summed E-state index contributed by atoms with van der Waals surface area (Å²) in [4.78, 5) is 5.27. The molecule has 0 saturated carbocycles. The van der Waals surface area contributed by atoms with E-state index in [1.54, 1.807) is 0 Å². The van der Waals surface area contributed by atoms with Gasteiger partial charge in [-0.3, -0.25) is 0 Å². The smallest absolute Gasteiger partial charge is 0.333 e. The van der Waals surface area contributed by atoms with Crippen LogP contribution in [0.3, 0.4) is 0 Å². The van der Waals surface area contributed by atoms with Crippen LogP contribution in [0.4, 0.5) is 28.4 Å². The molecule has 7 aromatic carbocycles. The van der Waals surface area contributed by atoms with Gasteiger partial charge in [-0.2, -0.15) is 0 Å². The Morgan fingerprint density at radius 2 is 1.19 bits per heavy atom. The Kier molecular flexibility index (Phi) is 6.46. The van der Waals surface area contributed by atoms with Gasteiger partial charge in [-0.25, -0.2) is 0 Å². The molecule has 1 aromatic heterocycles. The SMILES string of the molecule is CC1(C)CCC(C)(C)c2cc3c(cc21)-c1cc2c(oc4ccccc42)c2c1B(c1cccc4c1N2c1ccccc1C4(C)C)N3c1ccc(-c2ccccc2)cc1. The van der Waals surface area contributed by atoms with Crippen LogP contribution in [-0.4, -0.2) is 6.85 Å². The minimum atomic E-state index is -0.204. The molecule has 4 heteroatoms. The van der Waals surface area contributed by atoms with Crippen LogP contribution in [0.25, 0.3) is 44.2 Å². The largest absolute Gasteiger partial charge is 0.454 e. The summed E-state index contributed by atoms with van der Waals surface area (Å²) in [5, 5.41) is 2.33. The van der Waals surface area contributed by atoms with Crippen molar-refractivity contribution in [2.75, 3.05) is 9.71 Å². The van der Waals surface area contributed by atoms with Crippen LogP contribution in [0.5, 0.6) is 0 Å². The lowest BCUT2D eigenvalue weighted by Crippen LogP contribution is -2.62. The van der Waals surface area contributed by atoms with E-state index in [1.807, 2.05) is 0 Å². The molecule has 8 aromatic rings. The zero-order chi connectivity index (χ0) is 38.6. The van der Waals surface area contributed by atoms with Crippen molar-refractivity contribution in [3.8, 4) is 22.3 Å². The number of anilines is 5. The first-order valence-corrected chi connectivity index (χ1v) is 20.7. The highest BCUT2D eigenvalue weighted by atomic mass is 16.3. The molecule has 0 amide bonds. The number of nitrogens with zero attached hydrogens (tertiary/aromatic N) is 2. The first-order chi connectivity index (χ1) is 27.5. The second-order valence-electron chi connectivity index (χ2n) is 18.8. The van der Waals surface area contributed by atoms with Crippen LogP contribution in [0, 0.1) is 0 Å². The summed E-state index contributed by atoms with van der Waals surface area (Å²) in [6, 6.07) is 52.4. The van der Waals surface area contributed by atoms with Crippen LogP contribution < -0.4 is 20.6 Å². The summed E-state index contributed by atoms with van der Waals surface area (Å²) < 4.78 is 7.09. The van der Waals surface area contributed by atoms with Gasteiger partial charge in [-0.1, -0.05) is 139 Å². The quantitative estimate of drug-likeness (QED) is 0.165. The van der Waals surface area contributed by atoms with Gasteiger partial charge in [-0.05, 0) is 116 Å². The molecule has 1 aliphatic carbocycles. The molecule has 0 atom stereocenters. The van der Waals surface area contributed by atoms with E-state index in [0.717, 1.165) is 16.6 Å². The second-order valence-corrected chi connectivity index (χ2v) is 18.8. The number of benzene rings is 7. The Morgan fingerprint density at radius 3 is 1.98 bits per heavy atom. The first-order valence-electron chi connectivity index (χ1n) is 20.7. The normalized spacial score (nSPS) is 17.5. The highest BCUT2D eigenvalue weighted by Gasteiger charge is 2.51. The van der Waals surface area contributed by atoms with Gasteiger partial charge in [-0.15, -0.1) is 0 Å². The third-order valence-electron chi connectivity index (χ3n) is 14.3. The molecule has 57 heavy (non-hydrogen) atoms. The highest BCUT2D eigenvalue weighted by molar-refractivity contribution is 6.94. The Morgan fingerprint density at radius 1 is 0.526 bits per heavy atom. The van der Waals surface area contributed by atoms with Gasteiger partial charge in [0, 0.05) is 38.8 Å². The van der Waals surface area contributed by atoms with Crippen LogP contribution in [0.15, 0.2) is 144 Å². The molecule has 0 fully saturated rings.